The number of aryl methyl sites for hydroxylation is 2. The monoisotopic (exact) mass is 508 g/mol. The predicted molar refractivity (Wildman–Crippen MR) is 134 cm³/mol. The van der Waals surface area contributed by atoms with Crippen molar-refractivity contribution >= 4 is 45.1 Å². The zero-order chi connectivity index (χ0) is 25.6. The number of aromatic nitrogens is 6. The minimum Gasteiger partial charge on any atom is -0.315 e. The van der Waals surface area contributed by atoms with Crippen LogP contribution >= 0.6 is 11.3 Å². The van der Waals surface area contributed by atoms with Crippen LogP contribution in [0.15, 0.2) is 40.2 Å². The van der Waals surface area contributed by atoms with Gasteiger partial charge in [-0.3, -0.25) is 28.8 Å². The largest absolute Gasteiger partial charge is 0.332 e. The molecule has 1 aliphatic heterocycles. The number of rotatable bonds is 6. The number of hydrogen-bond acceptors (Lipinski definition) is 8. The SMILES string of the molecule is CCc1ccccc1N1CC(c2nnc(NC(=O)Cn3cnc4c3c(=O)n(C)c(=O)n4C)s2)CC1=O. The maximum atomic E-state index is 12.7. The lowest BCUT2D eigenvalue weighted by Gasteiger charge is -2.19. The summed E-state index contributed by atoms with van der Waals surface area (Å²) in [6.45, 7) is 2.37. The number of nitrogens with one attached hydrogen (secondary N) is 1. The number of amides is 2. The molecule has 0 saturated carbocycles. The van der Waals surface area contributed by atoms with Crippen LogP contribution in [0.25, 0.3) is 11.2 Å². The molecule has 0 spiro atoms. The average molecular weight is 509 g/mol. The highest BCUT2D eigenvalue weighted by molar-refractivity contribution is 7.15. The number of carbonyl (C=O) groups excluding carboxylic acids is 2. The molecule has 4 heterocycles. The summed E-state index contributed by atoms with van der Waals surface area (Å²) in [6.07, 6.45) is 2.50. The number of benzene rings is 1. The van der Waals surface area contributed by atoms with Gasteiger partial charge in [-0.15, -0.1) is 10.2 Å². The van der Waals surface area contributed by atoms with Crippen molar-refractivity contribution in [3.8, 4) is 0 Å². The van der Waals surface area contributed by atoms with E-state index < -0.39 is 17.2 Å². The molecule has 0 aliphatic carbocycles. The second-order valence-electron chi connectivity index (χ2n) is 8.63. The molecule has 186 valence electrons. The lowest BCUT2D eigenvalue weighted by atomic mass is 10.1. The molecule has 0 bridgehead atoms. The Balaban J connectivity index is 1.30. The molecule has 1 aromatic carbocycles. The number of anilines is 2. The van der Waals surface area contributed by atoms with Crippen molar-refractivity contribution in [3.63, 3.8) is 0 Å². The van der Waals surface area contributed by atoms with Gasteiger partial charge >= 0.3 is 5.69 Å². The lowest BCUT2D eigenvalue weighted by molar-refractivity contribution is -0.117. The third kappa shape index (κ3) is 4.00. The molecule has 1 saturated heterocycles. The first kappa shape index (κ1) is 23.6. The van der Waals surface area contributed by atoms with Gasteiger partial charge in [-0.2, -0.15) is 0 Å². The predicted octanol–water partition coefficient (Wildman–Crippen LogP) is 1.01. The van der Waals surface area contributed by atoms with Crippen molar-refractivity contribution < 1.29 is 9.59 Å². The Morgan fingerprint density at radius 1 is 1.14 bits per heavy atom. The lowest BCUT2D eigenvalue weighted by Crippen LogP contribution is -2.37. The number of imidazole rings is 1. The van der Waals surface area contributed by atoms with Crippen molar-refractivity contribution in [3.05, 3.63) is 62.0 Å². The fraction of sp³-hybridized carbons (Fsp3) is 0.348. The van der Waals surface area contributed by atoms with Gasteiger partial charge in [-0.1, -0.05) is 36.5 Å². The van der Waals surface area contributed by atoms with Gasteiger partial charge in [0.25, 0.3) is 5.56 Å². The molecule has 5 rings (SSSR count). The van der Waals surface area contributed by atoms with E-state index in [1.807, 2.05) is 24.3 Å². The quantitative estimate of drug-likeness (QED) is 0.410. The molecule has 3 aromatic heterocycles. The first-order valence-corrected chi connectivity index (χ1v) is 12.2. The summed E-state index contributed by atoms with van der Waals surface area (Å²) >= 11 is 1.22. The molecular weight excluding hydrogens is 484 g/mol. The molecule has 13 heteroatoms. The van der Waals surface area contributed by atoms with Gasteiger partial charge in [0, 0.05) is 38.7 Å². The van der Waals surface area contributed by atoms with Crippen LogP contribution in [0.5, 0.6) is 0 Å². The van der Waals surface area contributed by atoms with Crippen LogP contribution in [0.2, 0.25) is 0 Å². The van der Waals surface area contributed by atoms with Gasteiger partial charge in [0.1, 0.15) is 11.6 Å². The van der Waals surface area contributed by atoms with E-state index >= 15 is 0 Å². The van der Waals surface area contributed by atoms with E-state index in [-0.39, 0.29) is 29.5 Å². The molecule has 36 heavy (non-hydrogen) atoms. The maximum absolute atomic E-state index is 12.7. The van der Waals surface area contributed by atoms with E-state index in [9.17, 15) is 19.2 Å². The smallest absolute Gasteiger partial charge is 0.315 e. The standard InChI is InChI=1S/C23H24N8O4S/c1-4-13-7-5-6-8-15(13)31-10-14(9-17(31)33)20-26-27-22(36-20)25-16(32)11-30-12-24-19-18(30)21(34)29(3)23(35)28(19)2/h5-8,12,14H,4,9-11H2,1-3H3,(H,25,27,32). The van der Waals surface area contributed by atoms with Crippen LogP contribution in [0.3, 0.4) is 0 Å². The first-order chi connectivity index (χ1) is 17.3. The fourth-order valence-electron chi connectivity index (χ4n) is 4.46. The zero-order valence-electron chi connectivity index (χ0n) is 20.0. The molecule has 0 radical (unpaired) electrons. The van der Waals surface area contributed by atoms with E-state index in [0.717, 1.165) is 22.2 Å². The summed E-state index contributed by atoms with van der Waals surface area (Å²) in [4.78, 5) is 56.0. The van der Waals surface area contributed by atoms with Crippen LogP contribution in [-0.2, 0) is 36.6 Å². The molecule has 1 aliphatic rings. The third-order valence-electron chi connectivity index (χ3n) is 6.36. The second-order valence-corrected chi connectivity index (χ2v) is 9.64. The summed E-state index contributed by atoms with van der Waals surface area (Å²) in [5.74, 6) is -0.508. The van der Waals surface area contributed by atoms with Crippen LogP contribution in [0.1, 0.15) is 29.8 Å². The van der Waals surface area contributed by atoms with Crippen LogP contribution in [-0.4, -0.2) is 47.2 Å². The van der Waals surface area contributed by atoms with E-state index in [4.69, 9.17) is 0 Å². The number of fused-ring (bicyclic) bond motifs is 1. The molecular formula is C23H24N8O4S. The normalized spacial score (nSPS) is 15.7. The summed E-state index contributed by atoms with van der Waals surface area (Å²) in [6, 6.07) is 7.86. The van der Waals surface area contributed by atoms with E-state index in [2.05, 4.69) is 27.4 Å². The van der Waals surface area contributed by atoms with E-state index in [1.165, 1.54) is 40.9 Å². The van der Waals surface area contributed by atoms with Gasteiger partial charge in [0.05, 0.1) is 6.33 Å². The molecule has 12 nitrogen and oxygen atoms in total. The molecule has 1 N–H and O–H groups in total. The number of hydrogen-bond donors (Lipinski definition) is 1. The van der Waals surface area contributed by atoms with Crippen molar-refractivity contribution in [2.45, 2.75) is 32.2 Å². The number of carbonyl (C=O) groups is 2. The van der Waals surface area contributed by atoms with E-state index in [1.54, 1.807) is 4.90 Å². The molecule has 1 atom stereocenters. The Bertz CT molecular complexity index is 1610. The maximum Gasteiger partial charge on any atom is 0.332 e. The van der Waals surface area contributed by atoms with Gasteiger partial charge in [0.15, 0.2) is 11.2 Å². The van der Waals surface area contributed by atoms with Gasteiger partial charge in [0.2, 0.25) is 16.9 Å². The Labute approximate surface area is 208 Å². The Morgan fingerprint density at radius 3 is 2.69 bits per heavy atom. The Kier molecular flexibility index (Phi) is 6.00. The van der Waals surface area contributed by atoms with Crippen molar-refractivity contribution in [1.82, 2.24) is 28.9 Å². The van der Waals surface area contributed by atoms with Crippen LogP contribution in [0.4, 0.5) is 10.8 Å². The summed E-state index contributed by atoms with van der Waals surface area (Å²) in [7, 11) is 2.89. The zero-order valence-corrected chi connectivity index (χ0v) is 20.8. The van der Waals surface area contributed by atoms with Crippen molar-refractivity contribution in [2.24, 2.45) is 14.1 Å². The average Bonchev–Trinajstić information content (AvgIpc) is 3.60. The van der Waals surface area contributed by atoms with Crippen molar-refractivity contribution in [2.75, 3.05) is 16.8 Å². The van der Waals surface area contributed by atoms with Crippen LogP contribution in [0, 0.1) is 0 Å². The molecule has 1 unspecified atom stereocenters. The fourth-order valence-corrected chi connectivity index (χ4v) is 5.31. The van der Waals surface area contributed by atoms with E-state index in [0.29, 0.717) is 23.1 Å². The minimum atomic E-state index is -0.531. The van der Waals surface area contributed by atoms with Gasteiger partial charge < -0.3 is 9.47 Å². The number of nitrogens with zero attached hydrogens (tertiary/aromatic N) is 7. The molecule has 1 fully saturated rings. The highest BCUT2D eigenvalue weighted by atomic mass is 32.1. The highest BCUT2D eigenvalue weighted by Crippen LogP contribution is 2.35. The van der Waals surface area contributed by atoms with Gasteiger partial charge in [-0.25, -0.2) is 9.78 Å². The Morgan fingerprint density at radius 2 is 1.92 bits per heavy atom. The number of para-hydroxylation sites is 1. The van der Waals surface area contributed by atoms with Crippen LogP contribution < -0.4 is 21.5 Å². The second kappa shape index (κ2) is 9.15. The minimum absolute atomic E-state index is 0.0321. The first-order valence-electron chi connectivity index (χ1n) is 11.4. The summed E-state index contributed by atoms with van der Waals surface area (Å²) in [5.41, 5.74) is 1.36. The summed E-state index contributed by atoms with van der Waals surface area (Å²) < 4.78 is 3.63. The third-order valence-corrected chi connectivity index (χ3v) is 7.36. The summed E-state index contributed by atoms with van der Waals surface area (Å²) in [5, 5.41) is 12.0. The van der Waals surface area contributed by atoms with Gasteiger partial charge in [-0.05, 0) is 18.1 Å². The van der Waals surface area contributed by atoms with Crippen molar-refractivity contribution in [1.29, 1.82) is 0 Å². The topological polar surface area (TPSA) is 137 Å². The molecule has 4 aromatic rings. The highest BCUT2D eigenvalue weighted by Gasteiger charge is 2.34. The Hall–Kier alpha value is -4.13. The molecule has 2 amide bonds.